The quantitative estimate of drug-likeness (QED) is 0.0353. The Hall–Kier alpha value is -2.93. The first-order chi connectivity index (χ1) is 23.9. The number of hydrogen-bond donors (Lipinski definition) is 3. The first kappa shape index (κ1) is 46.1. The van der Waals surface area contributed by atoms with Crippen LogP contribution in [0.25, 0.3) is 0 Å². The third kappa shape index (κ3) is 33.3. The summed E-state index contributed by atoms with van der Waals surface area (Å²) in [6, 6.07) is -0.868. The van der Waals surface area contributed by atoms with Crippen molar-refractivity contribution in [3.8, 4) is 0 Å². The zero-order valence-corrected chi connectivity index (χ0v) is 31.3. The van der Waals surface area contributed by atoms with E-state index in [1.54, 1.807) is 0 Å². The monoisotopic (exact) mass is 685 g/mol. The fourth-order valence-electron chi connectivity index (χ4n) is 5.42. The Balaban J connectivity index is 4.17. The maximum Gasteiger partial charge on any atom is 0.326 e. The van der Waals surface area contributed by atoms with Gasteiger partial charge in [-0.15, -0.1) is 0 Å². The molecule has 0 fully saturated rings. The molecule has 0 aliphatic rings. The number of allylic oxidation sites excluding steroid dienone is 10. The average molecular weight is 685 g/mol. The lowest BCUT2D eigenvalue weighted by Gasteiger charge is -2.18. The van der Waals surface area contributed by atoms with Crippen LogP contribution in [0.15, 0.2) is 60.8 Å². The SMILES string of the molecule is CC/C=C\C/C=C\C/C=C\C/C=C\C/C=C\CCCCCC(=O)OC(CCCCCCC)CCCCCCC(=O)NC(CCCN)C(=O)O. The molecule has 0 aromatic rings. The molecule has 0 aromatic carbocycles. The molecule has 0 aliphatic carbocycles. The minimum absolute atomic E-state index is 0.0300. The van der Waals surface area contributed by atoms with Crippen molar-refractivity contribution in [2.45, 2.75) is 180 Å². The number of carbonyl (C=O) groups is 3. The lowest BCUT2D eigenvalue weighted by Crippen LogP contribution is -2.40. The molecule has 0 bridgehead atoms. The summed E-state index contributed by atoms with van der Waals surface area (Å²) < 4.78 is 5.94. The minimum Gasteiger partial charge on any atom is -0.480 e. The second-order valence-corrected chi connectivity index (χ2v) is 13.0. The van der Waals surface area contributed by atoms with E-state index in [9.17, 15) is 19.5 Å². The summed E-state index contributed by atoms with van der Waals surface area (Å²) in [6.45, 7) is 4.77. The molecular weight excluding hydrogens is 612 g/mol. The number of nitrogens with two attached hydrogens (primary N) is 1. The van der Waals surface area contributed by atoms with Gasteiger partial charge in [-0.2, -0.15) is 0 Å². The molecule has 2 unspecified atom stereocenters. The van der Waals surface area contributed by atoms with E-state index in [0.717, 1.165) is 103 Å². The van der Waals surface area contributed by atoms with Crippen LogP contribution in [-0.4, -0.2) is 41.6 Å². The number of rotatable bonds is 34. The van der Waals surface area contributed by atoms with Crippen molar-refractivity contribution in [1.82, 2.24) is 5.32 Å². The van der Waals surface area contributed by atoms with Crippen LogP contribution in [0, 0.1) is 0 Å². The van der Waals surface area contributed by atoms with E-state index >= 15 is 0 Å². The van der Waals surface area contributed by atoms with Crippen LogP contribution in [-0.2, 0) is 19.1 Å². The standard InChI is InChI=1S/C42H72N2O5/c1-3-5-7-9-10-11-12-13-14-15-16-17-18-19-20-21-22-24-30-36-41(46)49-38(32-27-23-8-6-4-2)33-28-25-26-29-35-40(45)44-39(42(47)48)34-31-37-43/h5,7,10-11,13-14,16-17,19-20,38-39H,3-4,6,8-9,12,15,18,21-37,43H2,1-2H3,(H,44,45)(H,47,48)/b7-5-,11-10-,14-13-,17-16-,20-19-. The Morgan fingerprint density at radius 2 is 1.12 bits per heavy atom. The molecule has 1 amide bonds. The van der Waals surface area contributed by atoms with Crippen molar-refractivity contribution in [2.24, 2.45) is 5.73 Å². The van der Waals surface area contributed by atoms with E-state index in [1.807, 2.05) is 0 Å². The normalized spacial score (nSPS) is 13.4. The second-order valence-electron chi connectivity index (χ2n) is 13.0. The molecule has 0 aliphatic heterocycles. The molecule has 0 heterocycles. The third-order valence-corrected chi connectivity index (χ3v) is 8.35. The van der Waals surface area contributed by atoms with Crippen LogP contribution in [0.4, 0.5) is 0 Å². The highest BCUT2D eigenvalue weighted by atomic mass is 16.5. The summed E-state index contributed by atoms with van der Waals surface area (Å²) in [7, 11) is 0. The maximum absolute atomic E-state index is 12.6. The maximum atomic E-state index is 12.6. The van der Waals surface area contributed by atoms with Gasteiger partial charge in [0.2, 0.25) is 5.91 Å². The van der Waals surface area contributed by atoms with Gasteiger partial charge in [-0.1, -0.05) is 120 Å². The average Bonchev–Trinajstić information content (AvgIpc) is 3.08. The van der Waals surface area contributed by atoms with Gasteiger partial charge in [0.1, 0.15) is 12.1 Å². The number of amides is 1. The first-order valence-electron chi connectivity index (χ1n) is 19.6. The van der Waals surface area contributed by atoms with Crippen molar-refractivity contribution in [2.75, 3.05) is 6.54 Å². The Labute approximate surface area is 300 Å². The topological polar surface area (TPSA) is 119 Å². The van der Waals surface area contributed by atoms with Gasteiger partial charge >= 0.3 is 11.9 Å². The van der Waals surface area contributed by atoms with Crippen LogP contribution in [0.1, 0.15) is 168 Å². The Bertz CT molecular complexity index is 953. The van der Waals surface area contributed by atoms with Crippen LogP contribution < -0.4 is 11.1 Å². The van der Waals surface area contributed by atoms with Crippen molar-refractivity contribution < 1.29 is 24.2 Å². The number of carboxylic acids is 1. The van der Waals surface area contributed by atoms with Gasteiger partial charge in [0.25, 0.3) is 0 Å². The molecule has 7 heteroatoms. The molecule has 0 aromatic heterocycles. The molecule has 0 saturated carbocycles. The molecule has 7 nitrogen and oxygen atoms in total. The molecule has 280 valence electrons. The number of ether oxygens (including phenoxy) is 1. The summed E-state index contributed by atoms with van der Waals surface area (Å²) in [5.41, 5.74) is 5.47. The molecule has 0 radical (unpaired) electrons. The second kappa shape index (κ2) is 36.4. The van der Waals surface area contributed by atoms with Crippen LogP contribution in [0.3, 0.4) is 0 Å². The molecule has 0 rings (SSSR count). The van der Waals surface area contributed by atoms with Gasteiger partial charge < -0.3 is 20.9 Å². The Morgan fingerprint density at radius 3 is 1.67 bits per heavy atom. The lowest BCUT2D eigenvalue weighted by atomic mass is 10.0. The summed E-state index contributed by atoms with van der Waals surface area (Å²) in [4.78, 5) is 36.1. The molecular formula is C42H72N2O5. The largest absolute Gasteiger partial charge is 0.480 e. The predicted octanol–water partition coefficient (Wildman–Crippen LogP) is 10.6. The molecule has 49 heavy (non-hydrogen) atoms. The molecule has 0 spiro atoms. The highest BCUT2D eigenvalue weighted by Crippen LogP contribution is 2.18. The van der Waals surface area contributed by atoms with Gasteiger partial charge in [-0.3, -0.25) is 9.59 Å². The van der Waals surface area contributed by atoms with Crippen LogP contribution in [0.5, 0.6) is 0 Å². The van der Waals surface area contributed by atoms with Crippen LogP contribution in [0.2, 0.25) is 0 Å². The zero-order valence-electron chi connectivity index (χ0n) is 31.3. The smallest absolute Gasteiger partial charge is 0.326 e. The number of esters is 1. The number of unbranched alkanes of at least 4 members (excludes halogenated alkanes) is 10. The fraction of sp³-hybridized carbons (Fsp3) is 0.690. The molecule has 2 atom stereocenters. The summed E-state index contributed by atoms with van der Waals surface area (Å²) in [5.74, 6) is -1.31. The van der Waals surface area contributed by atoms with E-state index in [2.05, 4.69) is 79.9 Å². The van der Waals surface area contributed by atoms with Crippen LogP contribution >= 0.6 is 0 Å². The zero-order chi connectivity index (χ0) is 36.0. The van der Waals surface area contributed by atoms with E-state index < -0.39 is 12.0 Å². The Kier molecular flexibility index (Phi) is 34.2. The van der Waals surface area contributed by atoms with Gasteiger partial charge in [-0.05, 0) is 103 Å². The number of carboxylic acid groups (broad SMARTS) is 1. The number of hydrogen-bond acceptors (Lipinski definition) is 5. The summed E-state index contributed by atoms with van der Waals surface area (Å²) in [6.07, 6.45) is 44.2. The fourth-order valence-corrected chi connectivity index (χ4v) is 5.42. The van der Waals surface area contributed by atoms with E-state index in [1.165, 1.54) is 25.7 Å². The number of carbonyl (C=O) groups excluding carboxylic acids is 2. The molecule has 0 saturated heterocycles. The van der Waals surface area contributed by atoms with Crippen molar-refractivity contribution in [1.29, 1.82) is 0 Å². The number of aliphatic carboxylic acids is 1. The summed E-state index contributed by atoms with van der Waals surface area (Å²) >= 11 is 0. The van der Waals surface area contributed by atoms with Crippen molar-refractivity contribution in [3.05, 3.63) is 60.8 Å². The van der Waals surface area contributed by atoms with Gasteiger partial charge in [0, 0.05) is 12.8 Å². The van der Waals surface area contributed by atoms with Gasteiger partial charge in [0.05, 0.1) is 0 Å². The van der Waals surface area contributed by atoms with Crippen molar-refractivity contribution >= 4 is 17.8 Å². The third-order valence-electron chi connectivity index (χ3n) is 8.35. The number of nitrogens with one attached hydrogen (secondary N) is 1. The van der Waals surface area contributed by atoms with Gasteiger partial charge in [-0.25, -0.2) is 4.79 Å². The van der Waals surface area contributed by atoms with E-state index in [0.29, 0.717) is 32.2 Å². The van der Waals surface area contributed by atoms with Gasteiger partial charge in [0.15, 0.2) is 0 Å². The minimum atomic E-state index is -1.02. The van der Waals surface area contributed by atoms with E-state index in [4.69, 9.17) is 10.5 Å². The van der Waals surface area contributed by atoms with E-state index in [-0.39, 0.29) is 18.0 Å². The predicted molar refractivity (Wildman–Crippen MR) is 206 cm³/mol. The lowest BCUT2D eigenvalue weighted by molar-refractivity contribution is -0.150. The summed E-state index contributed by atoms with van der Waals surface area (Å²) in [5, 5.41) is 11.9. The first-order valence-corrected chi connectivity index (χ1v) is 19.6. The highest BCUT2D eigenvalue weighted by molar-refractivity contribution is 5.83. The Morgan fingerprint density at radius 1 is 0.612 bits per heavy atom. The molecule has 4 N–H and O–H groups in total. The highest BCUT2D eigenvalue weighted by Gasteiger charge is 2.19. The van der Waals surface area contributed by atoms with Crippen molar-refractivity contribution in [3.63, 3.8) is 0 Å².